The Kier molecular flexibility index (Phi) is 6.50. The minimum absolute atomic E-state index is 0.00840. The van der Waals surface area contributed by atoms with Gasteiger partial charge in [-0.1, -0.05) is 24.3 Å². The number of aromatic carboxylic acids is 1. The van der Waals surface area contributed by atoms with E-state index < -0.39 is 29.2 Å². The van der Waals surface area contributed by atoms with Gasteiger partial charge < -0.3 is 19.6 Å². The maximum Gasteiger partial charge on any atom is 0.335 e. The highest BCUT2D eigenvalue weighted by Gasteiger charge is 2.17. The second-order valence-electron chi connectivity index (χ2n) is 7.92. The summed E-state index contributed by atoms with van der Waals surface area (Å²) in [7, 11) is 1.54. The third kappa shape index (κ3) is 4.98. The van der Waals surface area contributed by atoms with Crippen LogP contribution in [0.3, 0.4) is 0 Å². The summed E-state index contributed by atoms with van der Waals surface area (Å²) >= 11 is 0. The first-order chi connectivity index (χ1) is 16.8. The van der Waals surface area contributed by atoms with E-state index in [9.17, 15) is 19.2 Å². The molecule has 9 heteroatoms. The Morgan fingerprint density at radius 2 is 1.74 bits per heavy atom. The van der Waals surface area contributed by atoms with Crippen molar-refractivity contribution in [1.82, 2.24) is 9.55 Å². The highest BCUT2D eigenvalue weighted by molar-refractivity contribution is 5.87. The lowest BCUT2D eigenvalue weighted by atomic mass is 10.1. The Hall–Kier alpha value is -4.66. The van der Waals surface area contributed by atoms with Gasteiger partial charge in [0.2, 0.25) is 0 Å². The number of carbonyl (C=O) groups excluding carboxylic acids is 1. The van der Waals surface area contributed by atoms with Gasteiger partial charge in [-0.3, -0.25) is 14.2 Å². The number of aromatic amines is 1. The Balaban J connectivity index is 1.63. The van der Waals surface area contributed by atoms with Crippen molar-refractivity contribution in [3.8, 4) is 11.5 Å². The van der Waals surface area contributed by atoms with Gasteiger partial charge in [-0.25, -0.2) is 9.59 Å². The molecule has 0 saturated heterocycles. The van der Waals surface area contributed by atoms with Crippen LogP contribution in [0, 0.1) is 0 Å². The molecule has 0 bridgehead atoms. The van der Waals surface area contributed by atoms with E-state index in [0.717, 1.165) is 4.57 Å². The largest absolute Gasteiger partial charge is 0.497 e. The number of hydrogen-bond acceptors (Lipinski definition) is 6. The predicted octanol–water partition coefficient (Wildman–Crippen LogP) is 3.15. The number of esters is 1. The average molecular weight is 474 g/mol. The van der Waals surface area contributed by atoms with Gasteiger partial charge in [-0.2, -0.15) is 0 Å². The van der Waals surface area contributed by atoms with E-state index >= 15 is 0 Å². The molecular formula is C26H22N2O7. The summed E-state index contributed by atoms with van der Waals surface area (Å²) in [6.07, 6.45) is 0.00840. The SMILES string of the molecule is COc1cccc(CC(=O)Oc2ccc3[nH]c(=O)n(C(C)c4ccc(C(=O)O)cc4)c(=O)c3c2)c1. The highest BCUT2D eigenvalue weighted by atomic mass is 16.5. The summed E-state index contributed by atoms with van der Waals surface area (Å²) in [5, 5.41) is 9.25. The maximum atomic E-state index is 13.2. The van der Waals surface area contributed by atoms with Gasteiger partial charge in [-0.05, 0) is 60.5 Å². The average Bonchev–Trinajstić information content (AvgIpc) is 2.84. The second kappa shape index (κ2) is 9.68. The van der Waals surface area contributed by atoms with Crippen LogP contribution in [-0.4, -0.2) is 33.7 Å². The standard InChI is InChI=1S/C26H22N2O7/c1-15(17-6-8-18(9-7-17)25(31)32)28-24(30)21-14-20(10-11-22(21)27-26(28)33)35-23(29)13-16-4-3-5-19(12-16)34-2/h3-12,14-15H,13H2,1-2H3,(H,27,33)(H,31,32). The van der Waals surface area contributed by atoms with Gasteiger partial charge in [0.25, 0.3) is 5.56 Å². The van der Waals surface area contributed by atoms with Crippen molar-refractivity contribution < 1.29 is 24.2 Å². The second-order valence-corrected chi connectivity index (χ2v) is 7.92. The maximum absolute atomic E-state index is 13.2. The van der Waals surface area contributed by atoms with E-state index in [2.05, 4.69) is 4.98 Å². The Morgan fingerprint density at radius 3 is 2.43 bits per heavy atom. The number of ether oxygens (including phenoxy) is 2. The normalized spacial score (nSPS) is 11.7. The number of fused-ring (bicyclic) bond motifs is 1. The molecule has 4 aromatic rings. The number of hydrogen-bond donors (Lipinski definition) is 2. The summed E-state index contributed by atoms with van der Waals surface area (Å²) in [6.45, 7) is 1.66. The minimum atomic E-state index is -1.07. The number of carbonyl (C=O) groups is 2. The van der Waals surface area contributed by atoms with Crippen LogP contribution in [0.25, 0.3) is 10.9 Å². The monoisotopic (exact) mass is 474 g/mol. The van der Waals surface area contributed by atoms with Crippen LogP contribution in [0.5, 0.6) is 11.5 Å². The van der Waals surface area contributed by atoms with Crippen molar-refractivity contribution in [2.75, 3.05) is 7.11 Å². The summed E-state index contributed by atoms with van der Waals surface area (Å²) in [5.74, 6) is -0.801. The molecule has 0 aliphatic carbocycles. The molecule has 4 rings (SSSR count). The van der Waals surface area contributed by atoms with Crippen LogP contribution >= 0.6 is 0 Å². The first-order valence-electron chi connectivity index (χ1n) is 10.7. The lowest BCUT2D eigenvalue weighted by molar-refractivity contribution is -0.133. The Morgan fingerprint density at radius 1 is 1.00 bits per heavy atom. The van der Waals surface area contributed by atoms with E-state index in [4.69, 9.17) is 14.6 Å². The van der Waals surface area contributed by atoms with Gasteiger partial charge in [0.15, 0.2) is 0 Å². The van der Waals surface area contributed by atoms with E-state index in [1.165, 1.54) is 37.4 Å². The number of carboxylic acids is 1. The van der Waals surface area contributed by atoms with Gasteiger partial charge in [0.05, 0.1) is 36.0 Å². The van der Waals surface area contributed by atoms with Crippen LogP contribution in [0.15, 0.2) is 76.3 Å². The van der Waals surface area contributed by atoms with Crippen LogP contribution in [-0.2, 0) is 11.2 Å². The van der Waals surface area contributed by atoms with Crippen molar-refractivity contribution >= 4 is 22.8 Å². The Labute approximate surface area is 199 Å². The third-order valence-electron chi connectivity index (χ3n) is 5.64. The van der Waals surface area contributed by atoms with E-state index in [0.29, 0.717) is 22.4 Å². The zero-order valence-corrected chi connectivity index (χ0v) is 19.0. The summed E-state index contributed by atoms with van der Waals surface area (Å²) < 4.78 is 11.6. The summed E-state index contributed by atoms with van der Waals surface area (Å²) in [5.41, 5.74) is 0.523. The van der Waals surface area contributed by atoms with Gasteiger partial charge >= 0.3 is 17.6 Å². The minimum Gasteiger partial charge on any atom is -0.497 e. The molecule has 0 radical (unpaired) electrons. The fourth-order valence-corrected chi connectivity index (χ4v) is 3.79. The quantitative estimate of drug-likeness (QED) is 0.311. The molecule has 0 spiro atoms. The first-order valence-corrected chi connectivity index (χ1v) is 10.7. The summed E-state index contributed by atoms with van der Waals surface area (Å²) in [4.78, 5) is 52.1. The van der Waals surface area contributed by atoms with Gasteiger partial charge in [-0.15, -0.1) is 0 Å². The molecule has 1 atom stereocenters. The van der Waals surface area contributed by atoms with Crippen LogP contribution in [0.2, 0.25) is 0 Å². The molecule has 0 saturated carbocycles. The van der Waals surface area contributed by atoms with Crippen LogP contribution in [0.1, 0.15) is 34.5 Å². The molecule has 0 aliphatic rings. The molecule has 1 unspecified atom stereocenters. The molecule has 0 amide bonds. The topological polar surface area (TPSA) is 128 Å². The fourth-order valence-electron chi connectivity index (χ4n) is 3.79. The molecule has 1 aromatic heterocycles. The number of benzene rings is 3. The van der Waals surface area contributed by atoms with Crippen molar-refractivity contribution in [1.29, 1.82) is 0 Å². The van der Waals surface area contributed by atoms with E-state index in [1.54, 1.807) is 43.3 Å². The lowest BCUT2D eigenvalue weighted by Gasteiger charge is -2.15. The van der Waals surface area contributed by atoms with E-state index in [1.807, 2.05) is 0 Å². The fraction of sp³-hybridized carbons (Fsp3) is 0.154. The van der Waals surface area contributed by atoms with Crippen LogP contribution in [0.4, 0.5) is 0 Å². The molecule has 3 aromatic carbocycles. The summed E-state index contributed by atoms with van der Waals surface area (Å²) in [6, 6.07) is 16.7. The molecule has 0 fully saturated rings. The molecule has 1 heterocycles. The predicted molar refractivity (Wildman–Crippen MR) is 128 cm³/mol. The van der Waals surface area contributed by atoms with Crippen molar-refractivity contribution in [2.24, 2.45) is 0 Å². The smallest absolute Gasteiger partial charge is 0.335 e. The number of H-pyrrole nitrogens is 1. The zero-order valence-electron chi connectivity index (χ0n) is 19.0. The lowest BCUT2D eigenvalue weighted by Crippen LogP contribution is -2.37. The third-order valence-corrected chi connectivity index (χ3v) is 5.64. The van der Waals surface area contributed by atoms with Crippen molar-refractivity contribution in [2.45, 2.75) is 19.4 Å². The highest BCUT2D eigenvalue weighted by Crippen LogP contribution is 2.20. The number of carboxylic acid groups (broad SMARTS) is 1. The number of methoxy groups -OCH3 is 1. The molecule has 9 nitrogen and oxygen atoms in total. The van der Waals surface area contributed by atoms with Gasteiger partial charge in [0, 0.05) is 0 Å². The van der Waals surface area contributed by atoms with Crippen molar-refractivity contribution in [3.63, 3.8) is 0 Å². The van der Waals surface area contributed by atoms with Gasteiger partial charge in [0.1, 0.15) is 11.5 Å². The molecule has 178 valence electrons. The Bertz CT molecular complexity index is 1530. The molecule has 35 heavy (non-hydrogen) atoms. The molecular weight excluding hydrogens is 452 g/mol. The zero-order chi connectivity index (χ0) is 25.1. The van der Waals surface area contributed by atoms with E-state index in [-0.39, 0.29) is 23.1 Å². The van der Waals surface area contributed by atoms with Crippen molar-refractivity contribution in [3.05, 3.63) is 104 Å². The van der Waals surface area contributed by atoms with Crippen LogP contribution < -0.4 is 20.7 Å². The first kappa shape index (κ1) is 23.5. The number of rotatable bonds is 7. The molecule has 0 aliphatic heterocycles. The number of aromatic nitrogens is 2. The number of nitrogens with zero attached hydrogens (tertiary/aromatic N) is 1. The molecule has 2 N–H and O–H groups in total. The number of nitrogens with one attached hydrogen (secondary N) is 1.